The van der Waals surface area contributed by atoms with Gasteiger partial charge in [-0.2, -0.15) is 0 Å². The van der Waals surface area contributed by atoms with Gasteiger partial charge in [-0.25, -0.2) is 0 Å². The van der Waals surface area contributed by atoms with Crippen molar-refractivity contribution in [2.45, 2.75) is 31.5 Å². The van der Waals surface area contributed by atoms with Crippen molar-refractivity contribution in [3.63, 3.8) is 0 Å². The summed E-state index contributed by atoms with van der Waals surface area (Å²) in [5.74, 6) is 1.01. The van der Waals surface area contributed by atoms with Crippen molar-refractivity contribution in [2.75, 3.05) is 19.8 Å². The molecule has 2 N–H and O–H groups in total. The van der Waals surface area contributed by atoms with Gasteiger partial charge in [0.1, 0.15) is 5.75 Å². The van der Waals surface area contributed by atoms with Gasteiger partial charge in [-0.3, -0.25) is 0 Å². The lowest BCUT2D eigenvalue weighted by atomic mass is 9.88. The van der Waals surface area contributed by atoms with E-state index in [2.05, 4.69) is 29.6 Å². The largest absolute Gasteiger partial charge is 0.493 e. The molecule has 2 heterocycles. The zero-order valence-corrected chi connectivity index (χ0v) is 13.7. The Morgan fingerprint density at radius 1 is 1.17 bits per heavy atom. The number of aliphatic hydroxyl groups excluding tert-OH is 1. The van der Waals surface area contributed by atoms with Crippen molar-refractivity contribution in [2.24, 2.45) is 0 Å². The van der Waals surface area contributed by atoms with E-state index in [-0.39, 0.29) is 18.7 Å². The maximum Gasteiger partial charge on any atom is 0.122 e. The van der Waals surface area contributed by atoms with E-state index < -0.39 is 0 Å². The van der Waals surface area contributed by atoms with Crippen molar-refractivity contribution in [3.8, 4) is 5.75 Å². The Bertz CT molecular complexity index is 702. The van der Waals surface area contributed by atoms with E-state index >= 15 is 0 Å². The zero-order valence-electron chi connectivity index (χ0n) is 13.7. The first-order valence-electron chi connectivity index (χ1n) is 8.60. The van der Waals surface area contributed by atoms with Crippen LogP contribution in [0.1, 0.15) is 28.3 Å². The molecule has 2 aliphatic heterocycles. The molecule has 4 nitrogen and oxygen atoms in total. The van der Waals surface area contributed by atoms with Gasteiger partial charge < -0.3 is 19.9 Å². The number of hydrogen-bond acceptors (Lipinski definition) is 4. The van der Waals surface area contributed by atoms with Crippen LogP contribution in [0, 0.1) is 0 Å². The number of aliphatic hydroxyl groups is 1. The van der Waals surface area contributed by atoms with Gasteiger partial charge in [-0.05, 0) is 34.7 Å². The van der Waals surface area contributed by atoms with E-state index in [1.807, 2.05) is 18.2 Å². The summed E-state index contributed by atoms with van der Waals surface area (Å²) in [6.07, 6.45) is 1.81. The van der Waals surface area contributed by atoms with Gasteiger partial charge >= 0.3 is 0 Å². The second-order valence-electron chi connectivity index (χ2n) is 6.56. The fourth-order valence-corrected chi connectivity index (χ4v) is 3.61. The van der Waals surface area contributed by atoms with Gasteiger partial charge in [0.25, 0.3) is 0 Å². The van der Waals surface area contributed by atoms with Crippen molar-refractivity contribution >= 4 is 0 Å². The van der Waals surface area contributed by atoms with Crippen molar-refractivity contribution in [3.05, 3.63) is 64.7 Å². The highest BCUT2D eigenvalue weighted by atomic mass is 16.5. The number of hydrogen-bond donors (Lipinski definition) is 2. The van der Waals surface area contributed by atoms with E-state index in [4.69, 9.17) is 9.47 Å². The van der Waals surface area contributed by atoms with Crippen molar-refractivity contribution < 1.29 is 14.6 Å². The predicted molar refractivity (Wildman–Crippen MR) is 92.2 cm³/mol. The minimum absolute atomic E-state index is 0.0716. The third-order valence-corrected chi connectivity index (χ3v) is 4.85. The Balaban J connectivity index is 1.50. The third-order valence-electron chi connectivity index (χ3n) is 4.85. The molecular formula is C20H23NO3. The molecular weight excluding hydrogens is 302 g/mol. The van der Waals surface area contributed by atoms with E-state index in [9.17, 15) is 5.11 Å². The van der Waals surface area contributed by atoms with Crippen LogP contribution < -0.4 is 10.1 Å². The fourth-order valence-electron chi connectivity index (χ4n) is 3.61. The zero-order chi connectivity index (χ0) is 16.4. The van der Waals surface area contributed by atoms with E-state index in [0.29, 0.717) is 13.2 Å². The SMILES string of the molecule is OC[C@@H]1Cc2cc3c(cc2C(COCc2ccccc2)N1)CCO3. The van der Waals surface area contributed by atoms with Gasteiger partial charge in [0, 0.05) is 12.5 Å². The van der Waals surface area contributed by atoms with Crippen molar-refractivity contribution in [1.29, 1.82) is 0 Å². The summed E-state index contributed by atoms with van der Waals surface area (Å²) >= 11 is 0. The summed E-state index contributed by atoms with van der Waals surface area (Å²) in [4.78, 5) is 0. The van der Waals surface area contributed by atoms with Gasteiger partial charge in [0.05, 0.1) is 32.5 Å². The number of rotatable bonds is 5. The smallest absolute Gasteiger partial charge is 0.122 e. The first-order chi connectivity index (χ1) is 11.8. The molecule has 4 heteroatoms. The van der Waals surface area contributed by atoms with Crippen LogP contribution in [0.4, 0.5) is 0 Å². The molecule has 0 spiro atoms. The maximum absolute atomic E-state index is 9.60. The molecule has 126 valence electrons. The Hall–Kier alpha value is -1.88. The van der Waals surface area contributed by atoms with E-state index in [1.54, 1.807) is 0 Å². The number of benzene rings is 2. The molecule has 0 aromatic heterocycles. The predicted octanol–water partition coefficient (Wildman–Crippen LogP) is 2.39. The highest BCUT2D eigenvalue weighted by molar-refractivity contribution is 5.47. The van der Waals surface area contributed by atoms with Crippen LogP contribution in [-0.2, 0) is 24.2 Å². The second-order valence-corrected chi connectivity index (χ2v) is 6.56. The first kappa shape index (κ1) is 15.6. The highest BCUT2D eigenvalue weighted by Crippen LogP contribution is 2.34. The van der Waals surface area contributed by atoms with Gasteiger partial charge in [-0.1, -0.05) is 36.4 Å². The average molecular weight is 325 g/mol. The summed E-state index contributed by atoms with van der Waals surface area (Å²) in [6.45, 7) is 2.10. The molecule has 0 saturated heterocycles. The standard InChI is InChI=1S/C20H23NO3/c22-11-17-8-16-10-20-15(6-7-24-20)9-18(16)19(21-17)13-23-12-14-4-2-1-3-5-14/h1-5,9-10,17,19,21-22H,6-8,11-13H2/t17-,19?/m0/s1. The highest BCUT2D eigenvalue weighted by Gasteiger charge is 2.28. The number of ether oxygens (including phenoxy) is 2. The summed E-state index contributed by atoms with van der Waals surface area (Å²) in [6, 6.07) is 14.8. The molecule has 0 aliphatic carbocycles. The quantitative estimate of drug-likeness (QED) is 0.886. The molecule has 0 bridgehead atoms. The van der Waals surface area contributed by atoms with Crippen LogP contribution in [0.25, 0.3) is 0 Å². The van der Waals surface area contributed by atoms with E-state index in [1.165, 1.54) is 22.3 Å². The molecule has 2 aromatic rings. The Morgan fingerprint density at radius 2 is 2.04 bits per heavy atom. The molecule has 2 aliphatic rings. The monoisotopic (exact) mass is 325 g/mol. The lowest BCUT2D eigenvalue weighted by Gasteiger charge is -2.32. The second kappa shape index (κ2) is 6.93. The molecule has 0 radical (unpaired) electrons. The molecule has 0 saturated carbocycles. The normalized spacial score (nSPS) is 21.9. The van der Waals surface area contributed by atoms with Crippen LogP contribution in [0.2, 0.25) is 0 Å². The van der Waals surface area contributed by atoms with Crippen LogP contribution in [0.5, 0.6) is 5.75 Å². The molecule has 0 fully saturated rings. The lowest BCUT2D eigenvalue weighted by molar-refractivity contribution is 0.0872. The fraction of sp³-hybridized carbons (Fsp3) is 0.400. The molecule has 2 atom stereocenters. The number of nitrogens with one attached hydrogen (secondary N) is 1. The molecule has 4 rings (SSSR count). The maximum atomic E-state index is 9.60. The Labute approximate surface area is 142 Å². The minimum atomic E-state index is 0.0716. The Kier molecular flexibility index (Phi) is 4.52. The molecule has 2 aromatic carbocycles. The summed E-state index contributed by atoms with van der Waals surface area (Å²) in [5, 5.41) is 13.1. The van der Waals surface area contributed by atoms with Gasteiger partial charge in [0.2, 0.25) is 0 Å². The van der Waals surface area contributed by atoms with Crippen LogP contribution in [-0.4, -0.2) is 31.0 Å². The Morgan fingerprint density at radius 3 is 2.88 bits per heavy atom. The molecule has 0 amide bonds. The van der Waals surface area contributed by atoms with Crippen LogP contribution in [0.15, 0.2) is 42.5 Å². The molecule has 1 unspecified atom stereocenters. The topological polar surface area (TPSA) is 50.7 Å². The molecule has 24 heavy (non-hydrogen) atoms. The van der Waals surface area contributed by atoms with Crippen molar-refractivity contribution in [1.82, 2.24) is 5.32 Å². The summed E-state index contributed by atoms with van der Waals surface area (Å²) < 4.78 is 11.6. The average Bonchev–Trinajstić information content (AvgIpc) is 3.08. The van der Waals surface area contributed by atoms with Crippen LogP contribution >= 0.6 is 0 Å². The van der Waals surface area contributed by atoms with Gasteiger partial charge in [0.15, 0.2) is 0 Å². The number of fused-ring (bicyclic) bond motifs is 2. The van der Waals surface area contributed by atoms with Gasteiger partial charge in [-0.15, -0.1) is 0 Å². The lowest BCUT2D eigenvalue weighted by Crippen LogP contribution is -2.43. The van der Waals surface area contributed by atoms with Crippen LogP contribution in [0.3, 0.4) is 0 Å². The first-order valence-corrected chi connectivity index (χ1v) is 8.60. The summed E-state index contributed by atoms with van der Waals surface area (Å²) in [5.41, 5.74) is 5.01. The minimum Gasteiger partial charge on any atom is -0.493 e. The summed E-state index contributed by atoms with van der Waals surface area (Å²) in [7, 11) is 0. The third kappa shape index (κ3) is 3.18. The van der Waals surface area contributed by atoms with E-state index in [0.717, 1.165) is 25.2 Å².